The molecule has 0 aliphatic rings. The van der Waals surface area contributed by atoms with E-state index in [1.807, 2.05) is 0 Å². The maximum atomic E-state index is 11.4. The normalized spacial score (nSPS) is 12.2. The number of aliphatic hydroxyl groups is 1. The molecule has 1 rings (SSSR count). The molecule has 1 atom stereocenters. The van der Waals surface area contributed by atoms with Gasteiger partial charge in [0.15, 0.2) is 6.10 Å². The summed E-state index contributed by atoms with van der Waals surface area (Å²) < 4.78 is 5.65. The van der Waals surface area contributed by atoms with Crippen LogP contribution in [0.15, 0.2) is 15.8 Å². The Kier molecular flexibility index (Phi) is 4.22. The molecule has 7 nitrogen and oxygen atoms in total. The molecule has 17 heavy (non-hydrogen) atoms. The minimum Gasteiger partial charge on any atom is -0.464 e. The highest BCUT2D eigenvalue weighted by atomic mass is 16.5. The van der Waals surface area contributed by atoms with Gasteiger partial charge in [-0.2, -0.15) is 0 Å². The van der Waals surface area contributed by atoms with Gasteiger partial charge in [-0.15, -0.1) is 0 Å². The van der Waals surface area contributed by atoms with Crippen LogP contribution in [-0.2, 0) is 16.1 Å². The van der Waals surface area contributed by atoms with Gasteiger partial charge in [-0.3, -0.25) is 14.3 Å². The first-order valence-electron chi connectivity index (χ1n) is 5.10. The number of esters is 1. The fraction of sp³-hybridized carbons (Fsp3) is 0.500. The summed E-state index contributed by atoms with van der Waals surface area (Å²) in [7, 11) is 0. The zero-order valence-corrected chi connectivity index (χ0v) is 9.60. The van der Waals surface area contributed by atoms with Gasteiger partial charge in [0.2, 0.25) is 0 Å². The van der Waals surface area contributed by atoms with Gasteiger partial charge in [0, 0.05) is 11.8 Å². The van der Waals surface area contributed by atoms with E-state index < -0.39 is 23.3 Å². The van der Waals surface area contributed by atoms with Gasteiger partial charge in [-0.1, -0.05) is 0 Å². The lowest BCUT2D eigenvalue weighted by Gasteiger charge is -2.11. The highest BCUT2D eigenvalue weighted by Gasteiger charge is 2.17. The van der Waals surface area contributed by atoms with E-state index in [1.165, 1.54) is 13.1 Å². The largest absolute Gasteiger partial charge is 0.464 e. The summed E-state index contributed by atoms with van der Waals surface area (Å²) in [5.74, 6) is -0.803. The standard InChI is InChI=1S/C10H14N2O5/c1-3-17-9(15)7(13)5-12-4-6(2)8(14)11-10(12)16/h4,7,13H,3,5H2,1-2H3,(H,11,14,16)/t7-/m1/s1. The fourth-order valence-corrected chi connectivity index (χ4v) is 1.25. The lowest BCUT2D eigenvalue weighted by atomic mass is 10.3. The van der Waals surface area contributed by atoms with Gasteiger partial charge in [0.1, 0.15) is 0 Å². The number of nitrogens with one attached hydrogen (secondary N) is 1. The SMILES string of the molecule is CCOC(=O)[C@H](O)Cn1cc(C)c(=O)[nH]c1=O. The molecule has 0 amide bonds. The summed E-state index contributed by atoms with van der Waals surface area (Å²) in [6, 6.07) is 0. The third-order valence-corrected chi connectivity index (χ3v) is 2.12. The molecule has 0 unspecified atom stereocenters. The van der Waals surface area contributed by atoms with Crippen molar-refractivity contribution in [1.82, 2.24) is 9.55 Å². The molecule has 1 aromatic heterocycles. The maximum Gasteiger partial charge on any atom is 0.336 e. The van der Waals surface area contributed by atoms with Crippen LogP contribution in [0, 0.1) is 6.92 Å². The number of ether oxygens (including phenoxy) is 1. The van der Waals surface area contributed by atoms with Crippen molar-refractivity contribution >= 4 is 5.97 Å². The van der Waals surface area contributed by atoms with Crippen LogP contribution < -0.4 is 11.2 Å². The Balaban J connectivity index is 2.89. The number of aromatic amines is 1. The Morgan fingerprint density at radius 2 is 2.24 bits per heavy atom. The summed E-state index contributed by atoms with van der Waals surface area (Å²) >= 11 is 0. The topological polar surface area (TPSA) is 101 Å². The number of carbonyl (C=O) groups excluding carboxylic acids is 1. The Hall–Kier alpha value is -1.89. The molecule has 0 aromatic carbocycles. The highest BCUT2D eigenvalue weighted by molar-refractivity contribution is 5.74. The molecule has 0 bridgehead atoms. The highest BCUT2D eigenvalue weighted by Crippen LogP contribution is 1.93. The Bertz CT molecular complexity index is 516. The molecule has 0 radical (unpaired) electrons. The van der Waals surface area contributed by atoms with Crippen LogP contribution in [0.5, 0.6) is 0 Å². The Morgan fingerprint density at radius 1 is 1.59 bits per heavy atom. The zero-order chi connectivity index (χ0) is 13.0. The first-order chi connectivity index (χ1) is 7.95. The molecule has 1 heterocycles. The lowest BCUT2D eigenvalue weighted by Crippen LogP contribution is -2.36. The second-order valence-corrected chi connectivity index (χ2v) is 3.49. The zero-order valence-electron chi connectivity index (χ0n) is 9.60. The van der Waals surface area contributed by atoms with E-state index in [0.717, 1.165) is 4.57 Å². The molecule has 0 fully saturated rings. The molecule has 7 heteroatoms. The monoisotopic (exact) mass is 242 g/mol. The number of H-pyrrole nitrogens is 1. The van der Waals surface area contributed by atoms with Crippen LogP contribution in [0.25, 0.3) is 0 Å². The van der Waals surface area contributed by atoms with Gasteiger partial charge in [0.05, 0.1) is 13.2 Å². The predicted molar refractivity (Wildman–Crippen MR) is 58.7 cm³/mol. The predicted octanol–water partition coefficient (Wildman–Crippen LogP) is -1.23. The molecule has 94 valence electrons. The number of carbonyl (C=O) groups is 1. The van der Waals surface area contributed by atoms with Crippen molar-refractivity contribution in [3.63, 3.8) is 0 Å². The van der Waals surface area contributed by atoms with Crippen LogP contribution in [0.3, 0.4) is 0 Å². The number of nitrogens with zero attached hydrogens (tertiary/aromatic N) is 1. The van der Waals surface area contributed by atoms with Crippen molar-refractivity contribution in [2.24, 2.45) is 0 Å². The number of aliphatic hydroxyl groups excluding tert-OH is 1. The van der Waals surface area contributed by atoms with Crippen LogP contribution >= 0.6 is 0 Å². The number of rotatable bonds is 4. The average Bonchev–Trinajstić information content (AvgIpc) is 2.26. The number of aromatic nitrogens is 2. The third kappa shape index (κ3) is 3.28. The molecule has 1 aromatic rings. The van der Waals surface area contributed by atoms with E-state index >= 15 is 0 Å². The van der Waals surface area contributed by atoms with Crippen LogP contribution in [0.1, 0.15) is 12.5 Å². The molecule has 2 N–H and O–H groups in total. The number of aryl methyl sites for hydroxylation is 1. The molecule has 0 aliphatic heterocycles. The molecular weight excluding hydrogens is 228 g/mol. The van der Waals surface area contributed by atoms with E-state index in [1.54, 1.807) is 6.92 Å². The van der Waals surface area contributed by atoms with Crippen molar-refractivity contribution in [1.29, 1.82) is 0 Å². The van der Waals surface area contributed by atoms with Crippen LogP contribution in [0.4, 0.5) is 0 Å². The quantitative estimate of drug-likeness (QED) is 0.644. The van der Waals surface area contributed by atoms with Gasteiger partial charge in [-0.25, -0.2) is 9.59 Å². The second kappa shape index (κ2) is 5.44. The number of hydrogen-bond donors (Lipinski definition) is 2. The molecule has 0 spiro atoms. The van der Waals surface area contributed by atoms with Crippen molar-refractivity contribution in [3.8, 4) is 0 Å². The minimum atomic E-state index is -1.43. The summed E-state index contributed by atoms with van der Waals surface area (Å²) in [5, 5.41) is 9.46. The first kappa shape index (κ1) is 13.2. The lowest BCUT2D eigenvalue weighted by molar-refractivity contribution is -0.153. The Morgan fingerprint density at radius 3 is 2.82 bits per heavy atom. The van der Waals surface area contributed by atoms with Crippen LogP contribution in [0.2, 0.25) is 0 Å². The van der Waals surface area contributed by atoms with Gasteiger partial charge in [-0.05, 0) is 13.8 Å². The van der Waals surface area contributed by atoms with E-state index in [0.29, 0.717) is 5.56 Å². The van der Waals surface area contributed by atoms with Crippen LogP contribution in [-0.4, -0.2) is 33.3 Å². The van der Waals surface area contributed by atoms with Crippen molar-refractivity contribution in [2.75, 3.05) is 6.61 Å². The Labute approximate surface area is 96.7 Å². The van der Waals surface area contributed by atoms with Gasteiger partial charge in [0.25, 0.3) is 5.56 Å². The molecule has 0 saturated carbocycles. The molecular formula is C10H14N2O5. The average molecular weight is 242 g/mol. The van der Waals surface area contributed by atoms with Crippen molar-refractivity contribution in [2.45, 2.75) is 26.5 Å². The van der Waals surface area contributed by atoms with E-state index in [4.69, 9.17) is 0 Å². The van der Waals surface area contributed by atoms with E-state index in [2.05, 4.69) is 9.72 Å². The van der Waals surface area contributed by atoms with Crippen molar-refractivity contribution < 1.29 is 14.6 Å². The summed E-state index contributed by atoms with van der Waals surface area (Å²) in [6.45, 7) is 3.02. The summed E-state index contributed by atoms with van der Waals surface area (Å²) in [6.07, 6.45) is -0.151. The fourth-order valence-electron chi connectivity index (χ4n) is 1.25. The first-order valence-corrected chi connectivity index (χ1v) is 5.10. The van der Waals surface area contributed by atoms with E-state index in [-0.39, 0.29) is 13.2 Å². The van der Waals surface area contributed by atoms with Gasteiger partial charge >= 0.3 is 11.7 Å². The molecule has 0 aliphatic carbocycles. The van der Waals surface area contributed by atoms with Gasteiger partial charge < -0.3 is 9.84 Å². The summed E-state index contributed by atoms with van der Waals surface area (Å²) in [5.41, 5.74) is -0.846. The smallest absolute Gasteiger partial charge is 0.336 e. The molecule has 0 saturated heterocycles. The van der Waals surface area contributed by atoms with Crippen molar-refractivity contribution in [3.05, 3.63) is 32.6 Å². The van der Waals surface area contributed by atoms with E-state index in [9.17, 15) is 19.5 Å². The third-order valence-electron chi connectivity index (χ3n) is 2.12. The summed E-state index contributed by atoms with van der Waals surface area (Å²) in [4.78, 5) is 35.7. The maximum absolute atomic E-state index is 11.4. The number of hydrogen-bond acceptors (Lipinski definition) is 5. The minimum absolute atomic E-state index is 0.148. The second-order valence-electron chi connectivity index (χ2n) is 3.49.